The second kappa shape index (κ2) is 9.51. The minimum atomic E-state index is -3.70. The van der Waals surface area contributed by atoms with Crippen LogP contribution >= 0.6 is 11.3 Å². The number of hydrogen-bond acceptors (Lipinski definition) is 8. The van der Waals surface area contributed by atoms with Gasteiger partial charge in [0.2, 0.25) is 15.2 Å². The van der Waals surface area contributed by atoms with Crippen molar-refractivity contribution in [2.75, 3.05) is 25.0 Å². The number of anilines is 1. The molecule has 1 aromatic carbocycles. The van der Waals surface area contributed by atoms with E-state index < -0.39 is 10.0 Å². The van der Waals surface area contributed by atoms with Crippen LogP contribution in [0.2, 0.25) is 0 Å². The zero-order valence-corrected chi connectivity index (χ0v) is 19.3. The van der Waals surface area contributed by atoms with Crippen LogP contribution in [-0.2, 0) is 21.2 Å². The van der Waals surface area contributed by atoms with Crippen LogP contribution in [0.1, 0.15) is 43.1 Å². The highest BCUT2D eigenvalue weighted by atomic mass is 32.2. The smallest absolute Gasteiger partial charge is 0.243 e. The lowest BCUT2D eigenvalue weighted by Gasteiger charge is -2.34. The highest BCUT2D eigenvalue weighted by Gasteiger charge is 2.32. The predicted molar refractivity (Wildman–Crippen MR) is 116 cm³/mol. The van der Waals surface area contributed by atoms with Gasteiger partial charge >= 0.3 is 0 Å². The summed E-state index contributed by atoms with van der Waals surface area (Å²) in [6, 6.07) is 6.18. The molecule has 8 nitrogen and oxygen atoms in total. The zero-order chi connectivity index (χ0) is 21.9. The van der Waals surface area contributed by atoms with E-state index in [0.717, 1.165) is 11.4 Å². The molecule has 2 heterocycles. The van der Waals surface area contributed by atoms with Crippen molar-refractivity contribution < 1.29 is 17.9 Å². The third kappa shape index (κ3) is 5.63. The first-order valence-electron chi connectivity index (χ1n) is 10.00. The number of sulfonamides is 1. The number of nitrogens with one attached hydrogen (secondary N) is 1. The number of rotatable bonds is 8. The topological polar surface area (TPSA) is 101 Å². The van der Waals surface area contributed by atoms with Gasteiger partial charge in [-0.3, -0.25) is 4.79 Å². The SMILES string of the molecule is CC(C)Cc1nnc(NCC(=O)c2cccc(S(=O)(=O)N3CC(C)OC(C)C3)c2)s1. The summed E-state index contributed by atoms with van der Waals surface area (Å²) < 4.78 is 33.1. The maximum absolute atomic E-state index is 13.1. The third-order valence-corrected chi connectivity index (χ3v) is 7.36. The molecular formula is C20H28N4O4S2. The highest BCUT2D eigenvalue weighted by molar-refractivity contribution is 7.89. The first-order valence-corrected chi connectivity index (χ1v) is 12.3. The molecule has 0 radical (unpaired) electrons. The van der Waals surface area contributed by atoms with Crippen LogP contribution in [0.4, 0.5) is 5.13 Å². The van der Waals surface area contributed by atoms with Gasteiger partial charge in [-0.1, -0.05) is 37.3 Å². The average molecular weight is 453 g/mol. The van der Waals surface area contributed by atoms with Gasteiger partial charge in [-0.2, -0.15) is 4.31 Å². The third-order valence-electron chi connectivity index (χ3n) is 4.63. The average Bonchev–Trinajstić information content (AvgIpc) is 3.12. The fourth-order valence-corrected chi connectivity index (χ4v) is 5.91. The second-order valence-corrected chi connectivity index (χ2v) is 11.0. The molecule has 1 aliphatic rings. The summed E-state index contributed by atoms with van der Waals surface area (Å²) in [6.07, 6.45) is 0.487. The molecule has 10 heteroatoms. The van der Waals surface area contributed by atoms with E-state index in [1.807, 2.05) is 13.8 Å². The van der Waals surface area contributed by atoms with Crippen LogP contribution in [-0.4, -0.2) is 60.5 Å². The monoisotopic (exact) mass is 452 g/mol. The number of aromatic nitrogens is 2. The standard InChI is InChI=1S/C20H28N4O4S2/c1-13(2)8-19-22-23-20(29-19)21-10-18(25)16-6-5-7-17(9-16)30(26,27)24-11-14(3)28-15(4)12-24/h5-7,9,13-15H,8,10-12H2,1-4H3,(H,21,23). The number of carbonyl (C=O) groups is 1. The Morgan fingerprint density at radius 2 is 1.97 bits per heavy atom. The van der Waals surface area contributed by atoms with Gasteiger partial charge in [0.1, 0.15) is 5.01 Å². The molecule has 0 spiro atoms. The minimum Gasteiger partial charge on any atom is -0.373 e. The Labute approximate surface area is 181 Å². The van der Waals surface area contributed by atoms with Crippen LogP contribution in [0.5, 0.6) is 0 Å². The Kier molecular flexibility index (Phi) is 7.22. The van der Waals surface area contributed by atoms with Gasteiger partial charge in [-0.05, 0) is 31.9 Å². The fraction of sp³-hybridized carbons (Fsp3) is 0.550. The fourth-order valence-electron chi connectivity index (χ4n) is 3.32. The molecule has 30 heavy (non-hydrogen) atoms. The number of nitrogens with zero attached hydrogens (tertiary/aromatic N) is 3. The number of morpholine rings is 1. The summed E-state index contributed by atoms with van der Waals surface area (Å²) in [5.74, 6) is 0.269. The molecule has 164 valence electrons. The van der Waals surface area contributed by atoms with Crippen molar-refractivity contribution in [3.63, 3.8) is 0 Å². The first-order chi connectivity index (χ1) is 14.1. The molecule has 0 bridgehead atoms. The van der Waals surface area contributed by atoms with E-state index in [-0.39, 0.29) is 29.4 Å². The lowest BCUT2D eigenvalue weighted by molar-refractivity contribution is -0.0440. The molecule has 1 aromatic heterocycles. The summed E-state index contributed by atoms with van der Waals surface area (Å²) in [7, 11) is -3.70. The predicted octanol–water partition coefficient (Wildman–Crippen LogP) is 2.83. The quantitative estimate of drug-likeness (QED) is 0.615. The summed E-state index contributed by atoms with van der Waals surface area (Å²) in [5.41, 5.74) is 0.338. The van der Waals surface area contributed by atoms with Crippen LogP contribution in [0.15, 0.2) is 29.2 Å². The molecule has 2 aromatic rings. The normalized spacial score (nSPS) is 20.4. The molecule has 2 atom stereocenters. The van der Waals surface area contributed by atoms with Gasteiger partial charge in [0, 0.05) is 25.1 Å². The van der Waals surface area contributed by atoms with Gasteiger partial charge in [-0.15, -0.1) is 10.2 Å². The number of ketones is 1. The van der Waals surface area contributed by atoms with E-state index in [1.54, 1.807) is 12.1 Å². The maximum atomic E-state index is 13.1. The van der Waals surface area contributed by atoms with E-state index in [2.05, 4.69) is 29.4 Å². The lowest BCUT2D eigenvalue weighted by atomic mass is 10.1. The van der Waals surface area contributed by atoms with Gasteiger partial charge in [0.15, 0.2) is 5.78 Å². The van der Waals surface area contributed by atoms with Crippen molar-refractivity contribution in [2.24, 2.45) is 5.92 Å². The lowest BCUT2D eigenvalue weighted by Crippen LogP contribution is -2.48. The molecule has 0 saturated carbocycles. The second-order valence-electron chi connectivity index (χ2n) is 7.98. The van der Waals surface area contributed by atoms with Gasteiger partial charge in [0.25, 0.3) is 0 Å². The Morgan fingerprint density at radius 3 is 2.63 bits per heavy atom. The zero-order valence-electron chi connectivity index (χ0n) is 17.7. The summed E-state index contributed by atoms with van der Waals surface area (Å²) in [6.45, 7) is 8.53. The van der Waals surface area contributed by atoms with E-state index >= 15 is 0 Å². The van der Waals surface area contributed by atoms with E-state index in [0.29, 0.717) is 29.7 Å². The van der Waals surface area contributed by atoms with Gasteiger partial charge in [0.05, 0.1) is 23.6 Å². The van der Waals surface area contributed by atoms with Gasteiger partial charge < -0.3 is 10.1 Å². The molecular weight excluding hydrogens is 424 g/mol. The molecule has 3 rings (SSSR count). The Hall–Kier alpha value is -1.88. The van der Waals surface area contributed by atoms with Crippen molar-refractivity contribution in [1.29, 1.82) is 0 Å². The first kappa shape index (κ1) is 22.8. The van der Waals surface area contributed by atoms with Crippen LogP contribution in [0.25, 0.3) is 0 Å². The molecule has 0 aliphatic carbocycles. The number of Topliss-reactive ketones (excluding diaryl/α,β-unsaturated/α-hetero) is 1. The summed E-state index contributed by atoms with van der Waals surface area (Å²) in [4.78, 5) is 12.7. The van der Waals surface area contributed by atoms with Crippen molar-refractivity contribution in [2.45, 2.75) is 51.2 Å². The van der Waals surface area contributed by atoms with E-state index in [1.165, 1.54) is 27.8 Å². The van der Waals surface area contributed by atoms with Crippen LogP contribution < -0.4 is 5.32 Å². The largest absolute Gasteiger partial charge is 0.373 e. The Balaban J connectivity index is 1.68. The number of ether oxygens (including phenoxy) is 1. The summed E-state index contributed by atoms with van der Waals surface area (Å²) >= 11 is 1.42. The van der Waals surface area contributed by atoms with Gasteiger partial charge in [-0.25, -0.2) is 8.42 Å². The Morgan fingerprint density at radius 1 is 1.27 bits per heavy atom. The molecule has 1 aliphatic heterocycles. The molecule has 1 N–H and O–H groups in total. The molecule has 2 unspecified atom stereocenters. The Bertz CT molecular complexity index is 980. The number of benzene rings is 1. The van der Waals surface area contributed by atoms with E-state index in [9.17, 15) is 13.2 Å². The number of hydrogen-bond donors (Lipinski definition) is 1. The summed E-state index contributed by atoms with van der Waals surface area (Å²) in [5, 5.41) is 12.7. The minimum absolute atomic E-state index is 0.0193. The van der Waals surface area contributed by atoms with Crippen molar-refractivity contribution >= 4 is 32.3 Å². The maximum Gasteiger partial charge on any atom is 0.243 e. The molecule has 1 saturated heterocycles. The molecule has 0 amide bonds. The molecule has 1 fully saturated rings. The van der Waals surface area contributed by atoms with Crippen molar-refractivity contribution in [3.8, 4) is 0 Å². The highest BCUT2D eigenvalue weighted by Crippen LogP contribution is 2.22. The van der Waals surface area contributed by atoms with E-state index in [4.69, 9.17) is 4.74 Å². The number of carbonyl (C=O) groups excluding carboxylic acids is 1. The van der Waals surface area contributed by atoms with Crippen molar-refractivity contribution in [3.05, 3.63) is 34.8 Å². The van der Waals surface area contributed by atoms with Crippen molar-refractivity contribution in [1.82, 2.24) is 14.5 Å². The van der Waals surface area contributed by atoms with Crippen LogP contribution in [0.3, 0.4) is 0 Å². The van der Waals surface area contributed by atoms with Crippen LogP contribution in [0, 0.1) is 5.92 Å².